The van der Waals surface area contributed by atoms with Gasteiger partial charge in [-0.2, -0.15) is 5.10 Å². The number of rotatable bonds is 7. The van der Waals surface area contributed by atoms with Gasteiger partial charge >= 0.3 is 0 Å². The summed E-state index contributed by atoms with van der Waals surface area (Å²) in [5.41, 5.74) is 6.87. The topological polar surface area (TPSA) is 112 Å². The molecule has 0 aromatic carbocycles. The molecule has 1 saturated carbocycles. The van der Waals surface area contributed by atoms with Crippen molar-refractivity contribution in [1.29, 1.82) is 0 Å². The van der Waals surface area contributed by atoms with Crippen molar-refractivity contribution in [1.82, 2.24) is 30.0 Å². The first-order chi connectivity index (χ1) is 12.0. The van der Waals surface area contributed by atoms with Gasteiger partial charge in [0.25, 0.3) is 5.91 Å². The highest BCUT2D eigenvalue weighted by Crippen LogP contribution is 2.40. The molecular formula is C17H25N7O. The number of carbonyl (C=O) groups excluding carboxylic acids is 1. The zero-order chi connectivity index (χ0) is 18.0. The number of nitrogens with one attached hydrogen (secondary N) is 1. The van der Waals surface area contributed by atoms with Crippen LogP contribution < -0.4 is 11.1 Å². The van der Waals surface area contributed by atoms with Crippen LogP contribution in [-0.4, -0.2) is 30.6 Å². The molecule has 0 unspecified atom stereocenters. The Morgan fingerprint density at radius 3 is 2.80 bits per heavy atom. The molecule has 0 saturated heterocycles. The molecule has 2 aromatic heterocycles. The summed E-state index contributed by atoms with van der Waals surface area (Å²) in [5, 5.41) is 7.29. The first-order valence-electron chi connectivity index (χ1n) is 8.80. The van der Waals surface area contributed by atoms with E-state index in [9.17, 15) is 4.79 Å². The number of hydrogen-bond donors (Lipinski definition) is 2. The minimum absolute atomic E-state index is 0.128. The molecule has 0 radical (unpaired) electrons. The number of nitrogens with two attached hydrogens (primary N) is 1. The van der Waals surface area contributed by atoms with Gasteiger partial charge in [0, 0.05) is 12.2 Å². The molecule has 1 aliphatic carbocycles. The normalized spacial score (nSPS) is 15.4. The summed E-state index contributed by atoms with van der Waals surface area (Å²) < 4.78 is 1.82. The van der Waals surface area contributed by atoms with E-state index in [2.05, 4.69) is 39.2 Å². The Morgan fingerprint density at radius 1 is 1.40 bits per heavy atom. The highest BCUT2D eigenvalue weighted by Gasteiger charge is 2.36. The Balaban J connectivity index is 1.81. The van der Waals surface area contributed by atoms with Gasteiger partial charge in [-0.05, 0) is 44.1 Å². The van der Waals surface area contributed by atoms with Gasteiger partial charge in [0.05, 0.1) is 6.04 Å². The lowest BCUT2D eigenvalue weighted by atomic mass is 10.1. The van der Waals surface area contributed by atoms with Crippen LogP contribution >= 0.6 is 0 Å². The molecule has 0 aliphatic heterocycles. The number of nitrogen functional groups attached to an aromatic ring is 1. The van der Waals surface area contributed by atoms with Crippen molar-refractivity contribution in [2.24, 2.45) is 11.8 Å². The van der Waals surface area contributed by atoms with Gasteiger partial charge in [0.2, 0.25) is 5.95 Å². The highest BCUT2D eigenvalue weighted by molar-refractivity contribution is 5.92. The third kappa shape index (κ3) is 4.12. The Bertz CT molecular complexity index is 751. The predicted molar refractivity (Wildman–Crippen MR) is 93.6 cm³/mol. The van der Waals surface area contributed by atoms with Crippen LogP contribution in [0.1, 0.15) is 61.7 Å². The van der Waals surface area contributed by atoms with E-state index in [1.54, 1.807) is 6.07 Å². The van der Waals surface area contributed by atoms with Crippen LogP contribution in [0.15, 0.2) is 12.4 Å². The Labute approximate surface area is 147 Å². The minimum atomic E-state index is -0.248. The zero-order valence-electron chi connectivity index (χ0n) is 14.9. The summed E-state index contributed by atoms with van der Waals surface area (Å²) in [6.45, 7) is 6.91. The molecule has 8 nitrogen and oxygen atoms in total. The summed E-state index contributed by atoms with van der Waals surface area (Å²) in [6.07, 6.45) is 4.44. The number of anilines is 1. The third-order valence-electron chi connectivity index (χ3n) is 4.25. The summed E-state index contributed by atoms with van der Waals surface area (Å²) in [5.74, 6) is 1.49. The van der Waals surface area contributed by atoms with Gasteiger partial charge < -0.3 is 11.1 Å². The molecule has 1 amide bonds. The molecule has 3 rings (SSSR count). The first kappa shape index (κ1) is 17.3. The summed E-state index contributed by atoms with van der Waals surface area (Å²) in [4.78, 5) is 25.4. The SMILES string of the molecule is CCn1ncnc1[C@@H](NC(=O)c1cc(CC(C)C)nc(N)n1)C1CC1. The van der Waals surface area contributed by atoms with Gasteiger partial charge in [-0.1, -0.05) is 13.8 Å². The number of nitrogens with zero attached hydrogens (tertiary/aromatic N) is 5. The molecule has 2 heterocycles. The first-order valence-corrected chi connectivity index (χ1v) is 8.80. The molecule has 0 spiro atoms. The lowest BCUT2D eigenvalue weighted by Crippen LogP contribution is -2.33. The third-order valence-corrected chi connectivity index (χ3v) is 4.25. The Kier molecular flexibility index (Phi) is 4.96. The van der Waals surface area contributed by atoms with Crippen molar-refractivity contribution in [2.75, 3.05) is 5.73 Å². The van der Waals surface area contributed by atoms with Crippen LogP contribution in [0.4, 0.5) is 5.95 Å². The van der Waals surface area contributed by atoms with Gasteiger partial charge in [-0.15, -0.1) is 0 Å². The molecule has 3 N–H and O–H groups in total. The second-order valence-electron chi connectivity index (χ2n) is 6.92. The molecule has 1 atom stereocenters. The van der Waals surface area contributed by atoms with Gasteiger partial charge in [-0.3, -0.25) is 4.79 Å². The zero-order valence-corrected chi connectivity index (χ0v) is 14.9. The van der Waals surface area contributed by atoms with Crippen molar-refractivity contribution in [2.45, 2.75) is 52.6 Å². The van der Waals surface area contributed by atoms with Crippen LogP contribution in [0.5, 0.6) is 0 Å². The average molecular weight is 343 g/mol. The minimum Gasteiger partial charge on any atom is -0.368 e. The van der Waals surface area contributed by atoms with E-state index < -0.39 is 0 Å². The van der Waals surface area contributed by atoms with Crippen LogP contribution in [0.3, 0.4) is 0 Å². The van der Waals surface area contributed by atoms with Crippen LogP contribution in [0, 0.1) is 11.8 Å². The smallest absolute Gasteiger partial charge is 0.270 e. The molecule has 8 heteroatoms. The molecule has 25 heavy (non-hydrogen) atoms. The van der Waals surface area contributed by atoms with Gasteiger partial charge in [-0.25, -0.2) is 19.6 Å². The number of hydrogen-bond acceptors (Lipinski definition) is 6. The summed E-state index contributed by atoms with van der Waals surface area (Å²) in [7, 11) is 0. The molecular weight excluding hydrogens is 318 g/mol. The van der Waals surface area contributed by atoms with Crippen molar-refractivity contribution < 1.29 is 4.79 Å². The average Bonchev–Trinajstić information content (AvgIpc) is 3.28. The van der Waals surface area contributed by atoms with Crippen molar-refractivity contribution in [3.8, 4) is 0 Å². The lowest BCUT2D eigenvalue weighted by molar-refractivity contribution is 0.0923. The quantitative estimate of drug-likeness (QED) is 0.792. The maximum atomic E-state index is 12.8. The standard InChI is InChI=1S/C17H25N7O/c1-4-24-15(19-9-20-24)14(11-5-6-11)23-16(25)13-8-12(7-10(2)3)21-17(18)22-13/h8-11,14H,4-7H2,1-3H3,(H,23,25)(H2,18,21,22)/t14-/m0/s1. The maximum absolute atomic E-state index is 12.8. The van der Waals surface area contributed by atoms with Crippen LogP contribution in [0.25, 0.3) is 0 Å². The number of aromatic nitrogens is 5. The molecule has 2 aromatic rings. The molecule has 1 aliphatic rings. The number of amides is 1. The van der Waals surface area contributed by atoms with E-state index in [-0.39, 0.29) is 17.9 Å². The maximum Gasteiger partial charge on any atom is 0.270 e. The second-order valence-corrected chi connectivity index (χ2v) is 6.92. The monoisotopic (exact) mass is 343 g/mol. The lowest BCUT2D eigenvalue weighted by Gasteiger charge is -2.18. The number of carbonyl (C=O) groups is 1. The molecule has 1 fully saturated rings. The number of aryl methyl sites for hydroxylation is 1. The fourth-order valence-corrected chi connectivity index (χ4v) is 2.95. The van der Waals surface area contributed by atoms with Crippen molar-refractivity contribution >= 4 is 11.9 Å². The van der Waals surface area contributed by atoms with E-state index in [1.165, 1.54) is 6.33 Å². The van der Waals surface area contributed by atoms with E-state index in [0.29, 0.717) is 24.1 Å². The van der Waals surface area contributed by atoms with Gasteiger partial charge in [0.15, 0.2) is 0 Å². The van der Waals surface area contributed by atoms with E-state index >= 15 is 0 Å². The van der Waals surface area contributed by atoms with Crippen molar-refractivity contribution in [3.63, 3.8) is 0 Å². The van der Waals surface area contributed by atoms with Crippen LogP contribution in [0.2, 0.25) is 0 Å². The Hall–Kier alpha value is -2.51. The Morgan fingerprint density at radius 2 is 2.16 bits per heavy atom. The molecule has 134 valence electrons. The van der Waals surface area contributed by atoms with Crippen molar-refractivity contribution in [3.05, 3.63) is 29.6 Å². The second kappa shape index (κ2) is 7.16. The predicted octanol–water partition coefficient (Wildman–Crippen LogP) is 1.75. The largest absolute Gasteiger partial charge is 0.368 e. The fourth-order valence-electron chi connectivity index (χ4n) is 2.95. The van der Waals surface area contributed by atoms with Gasteiger partial charge in [0.1, 0.15) is 17.8 Å². The molecule has 0 bridgehead atoms. The van der Waals surface area contributed by atoms with E-state index in [0.717, 1.165) is 30.8 Å². The van der Waals surface area contributed by atoms with E-state index in [1.807, 2.05) is 11.6 Å². The van der Waals surface area contributed by atoms with E-state index in [4.69, 9.17) is 5.73 Å². The summed E-state index contributed by atoms with van der Waals surface area (Å²) in [6, 6.07) is 1.57. The fraction of sp³-hybridized carbons (Fsp3) is 0.588. The summed E-state index contributed by atoms with van der Waals surface area (Å²) >= 11 is 0. The van der Waals surface area contributed by atoms with Crippen LogP contribution in [-0.2, 0) is 13.0 Å². The highest BCUT2D eigenvalue weighted by atomic mass is 16.2.